The van der Waals surface area contributed by atoms with Crippen LogP contribution in [-0.2, 0) is 0 Å². The summed E-state index contributed by atoms with van der Waals surface area (Å²) in [7, 11) is 5.48. The minimum absolute atomic E-state index is 0.0329. The molecule has 0 radical (unpaired) electrons. The second-order valence-electron chi connectivity index (χ2n) is 5.40. The number of hydrogen-bond acceptors (Lipinski definition) is 4. The molecule has 1 aliphatic rings. The van der Waals surface area contributed by atoms with Gasteiger partial charge in [0.05, 0.1) is 18.4 Å². The minimum Gasteiger partial charge on any atom is -0.494 e. The number of carbonyl (C=O) groups excluding carboxylic acids is 1. The van der Waals surface area contributed by atoms with Crippen molar-refractivity contribution in [1.29, 1.82) is 0 Å². The van der Waals surface area contributed by atoms with E-state index in [0.29, 0.717) is 17.0 Å². The number of amides is 1. The van der Waals surface area contributed by atoms with Crippen LogP contribution in [0.1, 0.15) is 23.2 Å². The van der Waals surface area contributed by atoms with Crippen molar-refractivity contribution in [3.63, 3.8) is 0 Å². The van der Waals surface area contributed by atoms with Gasteiger partial charge in [-0.05, 0) is 38.6 Å². The summed E-state index contributed by atoms with van der Waals surface area (Å²) >= 11 is 0. The van der Waals surface area contributed by atoms with Crippen molar-refractivity contribution < 1.29 is 9.53 Å². The van der Waals surface area contributed by atoms with Crippen molar-refractivity contribution >= 4 is 11.6 Å². The Morgan fingerprint density at radius 1 is 1.50 bits per heavy atom. The number of nitrogens with two attached hydrogens (primary N) is 1. The summed E-state index contributed by atoms with van der Waals surface area (Å²) in [5, 5.41) is 0. The Labute approximate surface area is 120 Å². The molecule has 1 amide bonds. The van der Waals surface area contributed by atoms with E-state index < -0.39 is 0 Å². The van der Waals surface area contributed by atoms with Crippen LogP contribution in [-0.4, -0.2) is 56.0 Å². The predicted molar refractivity (Wildman–Crippen MR) is 80.0 cm³/mol. The summed E-state index contributed by atoms with van der Waals surface area (Å²) < 4.78 is 5.27. The standard InChI is InChI=1S/C15H23N3O2/c1-17-9-5-6-11(10-17)18(2)15(19)12-7-4-8-13(16)14(12)20-3/h4,7-8,11H,5-6,9-10,16H2,1-3H3. The van der Waals surface area contributed by atoms with Crippen LogP contribution < -0.4 is 10.5 Å². The monoisotopic (exact) mass is 277 g/mol. The highest BCUT2D eigenvalue weighted by molar-refractivity contribution is 5.98. The van der Waals surface area contributed by atoms with Gasteiger partial charge in [-0.25, -0.2) is 0 Å². The molecule has 2 rings (SSSR count). The highest BCUT2D eigenvalue weighted by Crippen LogP contribution is 2.28. The third-order valence-corrected chi connectivity index (χ3v) is 3.95. The van der Waals surface area contributed by atoms with Crippen LogP contribution in [0.4, 0.5) is 5.69 Å². The molecule has 0 bridgehead atoms. The molecule has 0 spiro atoms. The molecule has 1 heterocycles. The molecule has 5 nitrogen and oxygen atoms in total. The lowest BCUT2D eigenvalue weighted by molar-refractivity contribution is 0.0641. The van der Waals surface area contributed by atoms with E-state index in [1.54, 1.807) is 18.2 Å². The van der Waals surface area contributed by atoms with Gasteiger partial charge in [-0.15, -0.1) is 0 Å². The molecule has 0 saturated carbocycles. The van der Waals surface area contributed by atoms with Crippen LogP contribution >= 0.6 is 0 Å². The number of nitrogens with zero attached hydrogens (tertiary/aromatic N) is 2. The molecule has 1 atom stereocenters. The lowest BCUT2D eigenvalue weighted by Crippen LogP contribution is -2.47. The SMILES string of the molecule is COc1c(N)cccc1C(=O)N(C)C1CCCN(C)C1. The second kappa shape index (κ2) is 6.13. The van der Waals surface area contributed by atoms with Gasteiger partial charge >= 0.3 is 0 Å². The zero-order valence-electron chi connectivity index (χ0n) is 12.4. The Morgan fingerprint density at radius 3 is 2.90 bits per heavy atom. The third kappa shape index (κ3) is 2.88. The van der Waals surface area contributed by atoms with Crippen molar-refractivity contribution in [3.8, 4) is 5.75 Å². The van der Waals surface area contributed by atoms with Crippen LogP contribution in [0.3, 0.4) is 0 Å². The molecule has 0 aliphatic carbocycles. The Kier molecular flexibility index (Phi) is 4.49. The number of hydrogen-bond donors (Lipinski definition) is 1. The topological polar surface area (TPSA) is 58.8 Å². The molecule has 1 aromatic rings. The van der Waals surface area contributed by atoms with E-state index in [1.165, 1.54) is 7.11 Å². The number of likely N-dealkylation sites (tertiary alicyclic amines) is 1. The number of methoxy groups -OCH3 is 1. The number of ether oxygens (including phenoxy) is 1. The lowest BCUT2D eigenvalue weighted by Gasteiger charge is -2.36. The van der Waals surface area contributed by atoms with Gasteiger partial charge in [-0.1, -0.05) is 6.07 Å². The number of nitrogen functional groups attached to an aromatic ring is 1. The third-order valence-electron chi connectivity index (χ3n) is 3.95. The van der Waals surface area contributed by atoms with Gasteiger partial charge < -0.3 is 20.3 Å². The maximum atomic E-state index is 12.7. The van der Waals surface area contributed by atoms with Gasteiger partial charge in [0.25, 0.3) is 5.91 Å². The maximum absolute atomic E-state index is 12.7. The van der Waals surface area contributed by atoms with Crippen molar-refractivity contribution in [1.82, 2.24) is 9.80 Å². The van der Waals surface area contributed by atoms with Crippen LogP contribution in [0, 0.1) is 0 Å². The van der Waals surface area contributed by atoms with E-state index in [-0.39, 0.29) is 11.9 Å². The molecule has 0 aromatic heterocycles. The maximum Gasteiger partial charge on any atom is 0.257 e. The molecule has 1 saturated heterocycles. The normalized spacial score (nSPS) is 19.6. The van der Waals surface area contributed by atoms with Gasteiger partial charge in [0.2, 0.25) is 0 Å². The molecule has 5 heteroatoms. The Bertz CT molecular complexity index is 490. The first-order chi connectivity index (χ1) is 9.54. The zero-order valence-corrected chi connectivity index (χ0v) is 12.4. The Morgan fingerprint density at radius 2 is 2.25 bits per heavy atom. The molecule has 1 aromatic carbocycles. The van der Waals surface area contributed by atoms with Crippen molar-refractivity contribution in [2.45, 2.75) is 18.9 Å². The second-order valence-corrected chi connectivity index (χ2v) is 5.40. The van der Waals surface area contributed by atoms with Crippen molar-refractivity contribution in [2.24, 2.45) is 0 Å². The van der Waals surface area contributed by atoms with E-state index in [2.05, 4.69) is 11.9 Å². The highest BCUT2D eigenvalue weighted by Gasteiger charge is 2.27. The first kappa shape index (κ1) is 14.7. The first-order valence-electron chi connectivity index (χ1n) is 6.92. The summed E-state index contributed by atoms with van der Waals surface area (Å²) in [6.45, 7) is 2.01. The fourth-order valence-electron chi connectivity index (χ4n) is 2.76. The molecule has 2 N–H and O–H groups in total. The molecular weight excluding hydrogens is 254 g/mol. The number of benzene rings is 1. The molecule has 110 valence electrons. The van der Waals surface area contributed by atoms with Gasteiger partial charge in [0, 0.05) is 19.6 Å². The first-order valence-corrected chi connectivity index (χ1v) is 6.92. The summed E-state index contributed by atoms with van der Waals surface area (Å²) in [5.74, 6) is 0.433. The van der Waals surface area contributed by atoms with Gasteiger partial charge in [0.1, 0.15) is 0 Å². The van der Waals surface area contributed by atoms with Crippen LogP contribution in [0.5, 0.6) is 5.75 Å². The number of likely N-dealkylation sites (N-methyl/N-ethyl adjacent to an activating group) is 2. The van der Waals surface area contributed by atoms with E-state index >= 15 is 0 Å². The van der Waals surface area contributed by atoms with E-state index in [1.807, 2.05) is 11.9 Å². The number of piperidine rings is 1. The molecule has 1 unspecified atom stereocenters. The summed E-state index contributed by atoms with van der Waals surface area (Å²) in [4.78, 5) is 16.7. The smallest absolute Gasteiger partial charge is 0.257 e. The Balaban J connectivity index is 2.20. The van der Waals surface area contributed by atoms with Crippen molar-refractivity contribution in [2.75, 3.05) is 40.0 Å². The fourth-order valence-corrected chi connectivity index (χ4v) is 2.76. The van der Waals surface area contributed by atoms with E-state index in [0.717, 1.165) is 25.9 Å². The molecule has 20 heavy (non-hydrogen) atoms. The summed E-state index contributed by atoms with van der Waals surface area (Å²) in [6.07, 6.45) is 2.16. The van der Waals surface area contributed by atoms with Crippen molar-refractivity contribution in [3.05, 3.63) is 23.8 Å². The number of anilines is 1. The highest BCUT2D eigenvalue weighted by atomic mass is 16.5. The molecule has 1 fully saturated rings. The molecule has 1 aliphatic heterocycles. The quantitative estimate of drug-likeness (QED) is 0.849. The van der Waals surface area contributed by atoms with Gasteiger partial charge in [-0.3, -0.25) is 4.79 Å². The number of para-hydroxylation sites is 1. The minimum atomic E-state index is -0.0329. The van der Waals surface area contributed by atoms with E-state index in [9.17, 15) is 4.79 Å². The largest absolute Gasteiger partial charge is 0.494 e. The molecular formula is C15H23N3O2. The van der Waals surface area contributed by atoms with Crippen LogP contribution in [0.2, 0.25) is 0 Å². The average Bonchev–Trinajstić information content (AvgIpc) is 2.45. The summed E-state index contributed by atoms with van der Waals surface area (Å²) in [5.41, 5.74) is 6.89. The van der Waals surface area contributed by atoms with Gasteiger partial charge in [0.15, 0.2) is 5.75 Å². The zero-order chi connectivity index (χ0) is 14.7. The van der Waals surface area contributed by atoms with Crippen LogP contribution in [0.25, 0.3) is 0 Å². The van der Waals surface area contributed by atoms with Crippen LogP contribution in [0.15, 0.2) is 18.2 Å². The lowest BCUT2D eigenvalue weighted by atomic mass is 10.0. The average molecular weight is 277 g/mol. The predicted octanol–water partition coefficient (Wildman–Crippen LogP) is 1.44. The summed E-state index contributed by atoms with van der Waals surface area (Å²) in [6, 6.07) is 5.53. The van der Waals surface area contributed by atoms with Gasteiger partial charge in [-0.2, -0.15) is 0 Å². The number of carbonyl (C=O) groups is 1. The fraction of sp³-hybridized carbons (Fsp3) is 0.533. The Hall–Kier alpha value is -1.75. The van der Waals surface area contributed by atoms with E-state index in [4.69, 9.17) is 10.5 Å². The number of rotatable bonds is 3.